The highest BCUT2D eigenvalue weighted by atomic mass is 16.5. The monoisotopic (exact) mass is 339 g/mol. The average molecular weight is 340 g/mol. The minimum atomic E-state index is 0.265. The van der Waals surface area contributed by atoms with E-state index in [9.17, 15) is 0 Å². The molecule has 24 heavy (non-hydrogen) atoms. The molecule has 0 radical (unpaired) electrons. The van der Waals surface area contributed by atoms with Gasteiger partial charge in [0.1, 0.15) is 0 Å². The second-order valence-electron chi connectivity index (χ2n) is 7.55. The van der Waals surface area contributed by atoms with Crippen molar-refractivity contribution in [3.63, 3.8) is 0 Å². The smallest absolute Gasteiger partial charge is 0.191 e. The minimum absolute atomic E-state index is 0.265. The van der Waals surface area contributed by atoms with Gasteiger partial charge in [0.15, 0.2) is 5.96 Å². The molecule has 0 amide bonds. The van der Waals surface area contributed by atoms with E-state index in [1.54, 1.807) is 0 Å². The number of hydrogen-bond donors (Lipinski definition) is 2. The van der Waals surface area contributed by atoms with Crippen LogP contribution in [0.3, 0.4) is 0 Å². The Morgan fingerprint density at radius 2 is 2.00 bits per heavy atom. The summed E-state index contributed by atoms with van der Waals surface area (Å²) in [6.45, 7) is 14.9. The van der Waals surface area contributed by atoms with Crippen molar-refractivity contribution in [3.05, 3.63) is 0 Å². The second kappa shape index (κ2) is 9.59. The van der Waals surface area contributed by atoms with E-state index >= 15 is 0 Å². The largest absolute Gasteiger partial charge is 0.373 e. The van der Waals surface area contributed by atoms with Crippen LogP contribution in [0.4, 0.5) is 0 Å². The van der Waals surface area contributed by atoms with Crippen molar-refractivity contribution in [2.45, 2.75) is 64.8 Å². The van der Waals surface area contributed by atoms with Gasteiger partial charge < -0.3 is 15.4 Å². The molecule has 140 valence electrons. The Morgan fingerprint density at radius 3 is 2.67 bits per heavy atom. The number of nitrogens with zero attached hydrogens (tertiary/aromatic N) is 3. The second-order valence-corrected chi connectivity index (χ2v) is 7.55. The first-order chi connectivity index (χ1) is 11.5. The molecule has 0 aliphatic carbocycles. The Balaban J connectivity index is 1.67. The fraction of sp³-hybridized carbons (Fsp3) is 0.944. The maximum Gasteiger partial charge on any atom is 0.191 e. The predicted octanol–water partition coefficient (Wildman–Crippen LogP) is 1.13. The van der Waals surface area contributed by atoms with Gasteiger partial charge in [-0.15, -0.1) is 0 Å². The number of ether oxygens (including phenoxy) is 1. The Kier molecular flexibility index (Phi) is 7.78. The number of rotatable bonds is 7. The molecule has 2 unspecified atom stereocenters. The summed E-state index contributed by atoms with van der Waals surface area (Å²) in [4.78, 5) is 9.39. The highest BCUT2D eigenvalue weighted by Gasteiger charge is 2.32. The first-order valence-electron chi connectivity index (χ1n) is 9.57. The molecule has 0 aromatic heterocycles. The van der Waals surface area contributed by atoms with Crippen LogP contribution in [0.5, 0.6) is 0 Å². The Bertz CT molecular complexity index is 391. The lowest BCUT2D eigenvalue weighted by molar-refractivity contribution is -0.0453. The zero-order valence-electron chi connectivity index (χ0n) is 16.2. The van der Waals surface area contributed by atoms with Crippen LogP contribution in [0.15, 0.2) is 4.99 Å². The van der Waals surface area contributed by atoms with Gasteiger partial charge in [-0.2, -0.15) is 0 Å². The van der Waals surface area contributed by atoms with E-state index in [0.29, 0.717) is 18.1 Å². The number of hydrogen-bond acceptors (Lipinski definition) is 4. The van der Waals surface area contributed by atoms with E-state index in [1.807, 2.05) is 7.05 Å². The van der Waals surface area contributed by atoms with Crippen molar-refractivity contribution in [2.75, 3.05) is 46.4 Å². The average Bonchev–Trinajstić information content (AvgIpc) is 3.01. The maximum absolute atomic E-state index is 6.00. The fourth-order valence-corrected chi connectivity index (χ4v) is 3.86. The maximum atomic E-state index is 6.00. The summed E-state index contributed by atoms with van der Waals surface area (Å²) in [7, 11) is 1.83. The van der Waals surface area contributed by atoms with Crippen molar-refractivity contribution in [2.24, 2.45) is 4.99 Å². The van der Waals surface area contributed by atoms with Gasteiger partial charge in [0.2, 0.25) is 0 Å². The van der Waals surface area contributed by atoms with Gasteiger partial charge in [-0.05, 0) is 47.1 Å². The molecule has 2 heterocycles. The molecule has 2 saturated heterocycles. The van der Waals surface area contributed by atoms with Gasteiger partial charge >= 0.3 is 0 Å². The number of guanidine groups is 1. The van der Waals surface area contributed by atoms with Crippen LogP contribution >= 0.6 is 0 Å². The molecular formula is C18H37N5O. The molecule has 6 nitrogen and oxygen atoms in total. The normalized spacial score (nSPS) is 25.6. The summed E-state index contributed by atoms with van der Waals surface area (Å²) < 4.78 is 6.00. The SMILES string of the molecule is CN=C(NCCN(C(C)C)C(C)C)NCC1CN2CCCC2CO1. The van der Waals surface area contributed by atoms with Gasteiger partial charge in [-0.1, -0.05) is 0 Å². The molecule has 0 aromatic rings. The summed E-state index contributed by atoms with van der Waals surface area (Å²) >= 11 is 0. The van der Waals surface area contributed by atoms with Crippen LogP contribution in [0.25, 0.3) is 0 Å². The quantitative estimate of drug-likeness (QED) is 0.538. The fourth-order valence-electron chi connectivity index (χ4n) is 3.86. The summed E-state index contributed by atoms with van der Waals surface area (Å²) in [6, 6.07) is 1.79. The molecule has 2 aliphatic heterocycles. The summed E-state index contributed by atoms with van der Waals surface area (Å²) in [6.07, 6.45) is 2.88. The van der Waals surface area contributed by atoms with Crippen LogP contribution < -0.4 is 10.6 Å². The molecule has 0 saturated carbocycles. The highest BCUT2D eigenvalue weighted by Crippen LogP contribution is 2.22. The van der Waals surface area contributed by atoms with E-state index in [-0.39, 0.29) is 6.10 Å². The van der Waals surface area contributed by atoms with Crippen molar-refractivity contribution >= 4 is 5.96 Å². The number of morpholine rings is 1. The molecule has 2 fully saturated rings. The summed E-state index contributed by atoms with van der Waals surface area (Å²) in [5, 5.41) is 6.84. The lowest BCUT2D eigenvalue weighted by Gasteiger charge is -2.35. The molecular weight excluding hydrogens is 302 g/mol. The molecule has 2 N–H and O–H groups in total. The first-order valence-corrected chi connectivity index (χ1v) is 9.57. The van der Waals surface area contributed by atoms with Crippen LogP contribution in [0, 0.1) is 0 Å². The number of nitrogens with one attached hydrogen (secondary N) is 2. The van der Waals surface area contributed by atoms with E-state index in [0.717, 1.165) is 38.7 Å². The highest BCUT2D eigenvalue weighted by molar-refractivity contribution is 5.79. The van der Waals surface area contributed by atoms with Gasteiger partial charge in [0.25, 0.3) is 0 Å². The summed E-state index contributed by atoms with van der Waals surface area (Å²) in [5.41, 5.74) is 0. The topological polar surface area (TPSA) is 52.1 Å². The van der Waals surface area contributed by atoms with Crippen molar-refractivity contribution in [1.29, 1.82) is 0 Å². The first kappa shape index (κ1) is 19.5. The number of fused-ring (bicyclic) bond motifs is 1. The molecule has 2 aliphatic rings. The van der Waals surface area contributed by atoms with Crippen LogP contribution in [0.1, 0.15) is 40.5 Å². The van der Waals surface area contributed by atoms with Crippen molar-refractivity contribution in [3.8, 4) is 0 Å². The molecule has 0 aromatic carbocycles. The van der Waals surface area contributed by atoms with Gasteiger partial charge in [0.05, 0.1) is 12.7 Å². The Hall–Kier alpha value is -0.850. The third kappa shape index (κ3) is 5.60. The Labute approximate surface area is 148 Å². The van der Waals surface area contributed by atoms with E-state index in [2.05, 4.69) is 53.1 Å². The van der Waals surface area contributed by atoms with Crippen LogP contribution in [-0.4, -0.2) is 86.4 Å². The van der Waals surface area contributed by atoms with Crippen molar-refractivity contribution < 1.29 is 4.74 Å². The molecule has 0 bridgehead atoms. The van der Waals surface area contributed by atoms with E-state index < -0.39 is 0 Å². The van der Waals surface area contributed by atoms with E-state index in [4.69, 9.17) is 4.74 Å². The van der Waals surface area contributed by atoms with E-state index in [1.165, 1.54) is 19.4 Å². The lowest BCUT2D eigenvalue weighted by Crippen LogP contribution is -2.52. The van der Waals surface area contributed by atoms with Gasteiger partial charge in [-0.25, -0.2) is 0 Å². The minimum Gasteiger partial charge on any atom is -0.373 e. The third-order valence-electron chi connectivity index (χ3n) is 5.17. The number of aliphatic imine (C=N–C) groups is 1. The van der Waals surface area contributed by atoms with Crippen LogP contribution in [0.2, 0.25) is 0 Å². The molecule has 2 atom stereocenters. The van der Waals surface area contributed by atoms with Crippen molar-refractivity contribution in [1.82, 2.24) is 20.4 Å². The Morgan fingerprint density at radius 1 is 1.25 bits per heavy atom. The molecule has 6 heteroatoms. The third-order valence-corrected chi connectivity index (χ3v) is 5.17. The standard InChI is InChI=1S/C18H37N5O/c1-14(2)23(15(3)4)10-8-20-18(19-5)21-11-17-12-22-9-6-7-16(22)13-24-17/h14-17H,6-13H2,1-5H3,(H2,19,20,21). The van der Waals surface area contributed by atoms with Crippen LogP contribution in [-0.2, 0) is 4.74 Å². The predicted molar refractivity (Wildman–Crippen MR) is 101 cm³/mol. The van der Waals surface area contributed by atoms with Gasteiger partial charge in [0, 0.05) is 51.4 Å². The van der Waals surface area contributed by atoms with Gasteiger partial charge in [-0.3, -0.25) is 14.8 Å². The summed E-state index contributed by atoms with van der Waals surface area (Å²) in [5.74, 6) is 0.870. The zero-order valence-corrected chi connectivity index (χ0v) is 16.2. The lowest BCUT2D eigenvalue weighted by atomic mass is 10.2. The molecule has 2 rings (SSSR count). The molecule has 0 spiro atoms. The zero-order chi connectivity index (χ0) is 17.5.